The molecule has 0 unspecified atom stereocenters. The van der Waals surface area contributed by atoms with E-state index in [4.69, 9.17) is 11.5 Å². The van der Waals surface area contributed by atoms with Crippen LogP contribution in [0, 0.1) is 5.41 Å². The lowest BCUT2D eigenvalue weighted by atomic mass is 9.93. The summed E-state index contributed by atoms with van der Waals surface area (Å²) in [6.45, 7) is 3.42. The molecule has 0 aromatic carbocycles. The minimum absolute atomic E-state index is 0.164. The van der Waals surface area contributed by atoms with Gasteiger partial charge in [0.2, 0.25) is 5.91 Å². The number of amides is 3. The molecule has 0 saturated heterocycles. The number of nitrogens with two attached hydrogens (primary N) is 2. The van der Waals surface area contributed by atoms with Gasteiger partial charge in [-0.05, 0) is 13.8 Å². The van der Waals surface area contributed by atoms with E-state index in [1.54, 1.807) is 13.8 Å². The summed E-state index contributed by atoms with van der Waals surface area (Å²) in [5, 5.41) is 2.31. The molecular weight excluding hydrogens is 146 g/mol. The van der Waals surface area contributed by atoms with Gasteiger partial charge in [0.05, 0.1) is 5.41 Å². The first-order valence-corrected chi connectivity index (χ1v) is 3.19. The van der Waals surface area contributed by atoms with Gasteiger partial charge in [-0.2, -0.15) is 0 Å². The van der Waals surface area contributed by atoms with E-state index in [9.17, 15) is 9.59 Å². The van der Waals surface area contributed by atoms with E-state index >= 15 is 0 Å². The largest absolute Gasteiger partial charge is 0.369 e. The number of rotatable bonds is 3. The molecule has 5 N–H and O–H groups in total. The van der Waals surface area contributed by atoms with Crippen molar-refractivity contribution < 1.29 is 9.59 Å². The summed E-state index contributed by atoms with van der Waals surface area (Å²) >= 11 is 0. The van der Waals surface area contributed by atoms with Crippen LogP contribution in [0.5, 0.6) is 0 Å². The average Bonchev–Trinajstić information content (AvgIpc) is 1.84. The smallest absolute Gasteiger partial charge is 0.312 e. The quantitative estimate of drug-likeness (QED) is 0.500. The van der Waals surface area contributed by atoms with Gasteiger partial charge in [-0.1, -0.05) is 0 Å². The van der Waals surface area contributed by atoms with E-state index < -0.39 is 17.4 Å². The highest BCUT2D eigenvalue weighted by Gasteiger charge is 2.24. The molecule has 5 nitrogen and oxygen atoms in total. The van der Waals surface area contributed by atoms with E-state index in [0.717, 1.165) is 0 Å². The number of hydrogen-bond donors (Lipinski definition) is 3. The minimum Gasteiger partial charge on any atom is -0.369 e. The molecule has 64 valence electrons. The Labute approximate surface area is 65.1 Å². The van der Waals surface area contributed by atoms with Crippen molar-refractivity contribution >= 4 is 11.9 Å². The first kappa shape index (κ1) is 9.74. The molecule has 11 heavy (non-hydrogen) atoms. The van der Waals surface area contributed by atoms with Crippen molar-refractivity contribution in [2.45, 2.75) is 13.8 Å². The first-order valence-electron chi connectivity index (χ1n) is 3.19. The molecule has 0 aromatic rings. The Morgan fingerprint density at radius 1 is 1.36 bits per heavy atom. The second kappa shape index (κ2) is 3.23. The fraction of sp³-hybridized carbons (Fsp3) is 0.667. The van der Waals surface area contributed by atoms with Gasteiger partial charge in [-0.3, -0.25) is 4.79 Å². The van der Waals surface area contributed by atoms with Crippen LogP contribution in [0.3, 0.4) is 0 Å². The lowest BCUT2D eigenvalue weighted by molar-refractivity contribution is -0.125. The molecule has 0 radical (unpaired) electrons. The second-order valence-electron chi connectivity index (χ2n) is 2.97. The Hall–Kier alpha value is -1.26. The van der Waals surface area contributed by atoms with Crippen molar-refractivity contribution in [3.05, 3.63) is 0 Å². The highest BCUT2D eigenvalue weighted by atomic mass is 16.2. The van der Waals surface area contributed by atoms with Gasteiger partial charge in [-0.15, -0.1) is 0 Å². The predicted octanol–water partition coefficient (Wildman–Crippen LogP) is -0.834. The third-order valence-corrected chi connectivity index (χ3v) is 1.37. The number of hydrogen-bond acceptors (Lipinski definition) is 2. The molecule has 3 amide bonds. The van der Waals surface area contributed by atoms with Gasteiger partial charge in [-0.25, -0.2) is 4.79 Å². The minimum atomic E-state index is -0.741. The Bertz CT molecular complexity index is 177. The summed E-state index contributed by atoms with van der Waals surface area (Å²) in [5.74, 6) is -0.466. The molecule has 0 aliphatic rings. The lowest BCUT2D eigenvalue weighted by Crippen LogP contribution is -2.44. The topological polar surface area (TPSA) is 98.2 Å². The van der Waals surface area contributed by atoms with E-state index in [1.807, 2.05) is 0 Å². The van der Waals surface area contributed by atoms with Crippen LogP contribution in [0.1, 0.15) is 13.8 Å². The number of primary amides is 2. The van der Waals surface area contributed by atoms with Crippen LogP contribution in [-0.2, 0) is 4.79 Å². The summed E-state index contributed by atoms with van der Waals surface area (Å²) in [6, 6.07) is -0.653. The monoisotopic (exact) mass is 159 g/mol. The SMILES string of the molecule is CC(C)(CNC(N)=O)C(N)=O. The van der Waals surface area contributed by atoms with Crippen LogP contribution < -0.4 is 16.8 Å². The standard InChI is InChI=1S/C6H13N3O2/c1-6(2,4(7)10)3-9-5(8)11/h3H2,1-2H3,(H2,7,10)(H3,8,9,11). The van der Waals surface area contributed by atoms with Crippen molar-refractivity contribution in [2.75, 3.05) is 6.54 Å². The molecule has 0 spiro atoms. The summed E-state index contributed by atoms with van der Waals surface area (Å²) in [6.07, 6.45) is 0. The summed E-state index contributed by atoms with van der Waals surface area (Å²) in [5.41, 5.74) is 9.08. The number of carbonyl (C=O) groups excluding carboxylic acids is 2. The van der Waals surface area contributed by atoms with Crippen LogP contribution in [0.4, 0.5) is 4.79 Å². The number of urea groups is 1. The van der Waals surface area contributed by atoms with E-state index in [1.165, 1.54) is 0 Å². The van der Waals surface area contributed by atoms with Crippen molar-refractivity contribution in [1.29, 1.82) is 0 Å². The van der Waals surface area contributed by atoms with Gasteiger partial charge < -0.3 is 16.8 Å². The average molecular weight is 159 g/mol. The van der Waals surface area contributed by atoms with Crippen molar-refractivity contribution in [1.82, 2.24) is 5.32 Å². The Balaban J connectivity index is 3.92. The van der Waals surface area contributed by atoms with Crippen LogP contribution in [0.25, 0.3) is 0 Å². The molecule has 0 aliphatic heterocycles. The highest BCUT2D eigenvalue weighted by Crippen LogP contribution is 2.11. The molecule has 0 aliphatic carbocycles. The molecule has 0 saturated carbocycles. The number of carbonyl (C=O) groups is 2. The van der Waals surface area contributed by atoms with Gasteiger partial charge in [0, 0.05) is 6.54 Å². The van der Waals surface area contributed by atoms with Crippen LogP contribution in [0.15, 0.2) is 0 Å². The molecule has 0 bridgehead atoms. The summed E-state index contributed by atoms with van der Waals surface area (Å²) in [4.78, 5) is 20.9. The van der Waals surface area contributed by atoms with Crippen molar-refractivity contribution in [3.63, 3.8) is 0 Å². The lowest BCUT2D eigenvalue weighted by Gasteiger charge is -2.19. The molecule has 0 heterocycles. The molecule has 0 atom stereocenters. The second-order valence-corrected chi connectivity index (χ2v) is 2.97. The predicted molar refractivity (Wildman–Crippen MR) is 40.6 cm³/mol. The zero-order valence-corrected chi connectivity index (χ0v) is 6.68. The van der Waals surface area contributed by atoms with E-state index in [0.29, 0.717) is 0 Å². The normalized spacial score (nSPS) is 10.7. The molecule has 0 rings (SSSR count). The summed E-state index contributed by atoms with van der Waals surface area (Å²) < 4.78 is 0. The number of nitrogens with one attached hydrogen (secondary N) is 1. The third-order valence-electron chi connectivity index (χ3n) is 1.37. The fourth-order valence-electron chi connectivity index (χ4n) is 0.395. The molecule has 0 aromatic heterocycles. The maximum Gasteiger partial charge on any atom is 0.312 e. The Morgan fingerprint density at radius 3 is 2.09 bits per heavy atom. The van der Waals surface area contributed by atoms with Crippen molar-refractivity contribution in [3.8, 4) is 0 Å². The van der Waals surface area contributed by atoms with Crippen molar-refractivity contribution in [2.24, 2.45) is 16.9 Å². The van der Waals surface area contributed by atoms with Gasteiger partial charge in [0.15, 0.2) is 0 Å². The zero-order chi connectivity index (χ0) is 9.07. The summed E-state index contributed by atoms with van der Waals surface area (Å²) in [7, 11) is 0. The van der Waals surface area contributed by atoms with Crippen LogP contribution >= 0.6 is 0 Å². The van der Waals surface area contributed by atoms with Crippen LogP contribution in [0.2, 0.25) is 0 Å². The van der Waals surface area contributed by atoms with Gasteiger partial charge in [0.1, 0.15) is 0 Å². The third kappa shape index (κ3) is 3.44. The maximum absolute atomic E-state index is 10.7. The Morgan fingerprint density at radius 2 is 1.82 bits per heavy atom. The van der Waals surface area contributed by atoms with Crippen LogP contribution in [-0.4, -0.2) is 18.5 Å². The Kier molecular flexibility index (Phi) is 2.86. The van der Waals surface area contributed by atoms with Gasteiger partial charge >= 0.3 is 6.03 Å². The molecule has 0 fully saturated rings. The van der Waals surface area contributed by atoms with E-state index in [2.05, 4.69) is 5.32 Å². The zero-order valence-electron chi connectivity index (χ0n) is 6.68. The highest BCUT2D eigenvalue weighted by molar-refractivity contribution is 5.81. The van der Waals surface area contributed by atoms with E-state index in [-0.39, 0.29) is 6.54 Å². The van der Waals surface area contributed by atoms with Gasteiger partial charge in [0.25, 0.3) is 0 Å². The first-order chi connectivity index (χ1) is 4.86. The fourth-order valence-corrected chi connectivity index (χ4v) is 0.395. The maximum atomic E-state index is 10.7. The molecular formula is C6H13N3O2. The molecule has 5 heteroatoms.